The predicted molar refractivity (Wildman–Crippen MR) is 107 cm³/mol. The summed E-state index contributed by atoms with van der Waals surface area (Å²) in [5, 5.41) is 0. The average Bonchev–Trinajstić information content (AvgIpc) is 3.51. The largest absolute Gasteiger partial charge is 0.493 e. The van der Waals surface area contributed by atoms with Crippen LogP contribution in [0.1, 0.15) is 38.3 Å². The first-order valence-electron chi connectivity index (χ1n) is 9.60. The van der Waals surface area contributed by atoms with Gasteiger partial charge in [0.05, 0.1) is 19.3 Å². The number of rotatable bonds is 10. The van der Waals surface area contributed by atoms with Gasteiger partial charge in [0, 0.05) is 18.9 Å². The van der Waals surface area contributed by atoms with E-state index < -0.39 is 0 Å². The highest BCUT2D eigenvalue weighted by Gasteiger charge is 2.24. The summed E-state index contributed by atoms with van der Waals surface area (Å²) in [5.74, 6) is 1.78. The zero-order valence-electron chi connectivity index (χ0n) is 16.7. The van der Waals surface area contributed by atoms with E-state index in [0.29, 0.717) is 13.2 Å². The van der Waals surface area contributed by atoms with Crippen LogP contribution in [0.15, 0.2) is 48.5 Å². The number of methoxy groups -OCH3 is 1. The normalized spacial score (nSPS) is 17.4. The Balaban J connectivity index is 1.59. The van der Waals surface area contributed by atoms with Crippen molar-refractivity contribution < 1.29 is 18.9 Å². The van der Waals surface area contributed by atoms with Crippen molar-refractivity contribution in [3.63, 3.8) is 0 Å². The molecule has 2 unspecified atom stereocenters. The van der Waals surface area contributed by atoms with E-state index in [2.05, 4.69) is 38.1 Å². The van der Waals surface area contributed by atoms with Gasteiger partial charge in [0.2, 0.25) is 0 Å². The van der Waals surface area contributed by atoms with E-state index >= 15 is 0 Å². The van der Waals surface area contributed by atoms with Gasteiger partial charge in [0.1, 0.15) is 24.2 Å². The molecule has 2 atom stereocenters. The van der Waals surface area contributed by atoms with Crippen molar-refractivity contribution in [1.29, 1.82) is 0 Å². The van der Waals surface area contributed by atoms with Crippen LogP contribution < -0.4 is 9.47 Å². The quantitative estimate of drug-likeness (QED) is 0.573. The molecule has 1 fully saturated rings. The van der Waals surface area contributed by atoms with E-state index in [0.717, 1.165) is 24.5 Å². The van der Waals surface area contributed by atoms with E-state index in [9.17, 15) is 0 Å². The van der Waals surface area contributed by atoms with Crippen molar-refractivity contribution in [3.05, 3.63) is 59.7 Å². The van der Waals surface area contributed by atoms with Crippen LogP contribution >= 0.6 is 0 Å². The molecule has 1 aliphatic heterocycles. The van der Waals surface area contributed by atoms with Crippen LogP contribution in [0.3, 0.4) is 0 Å². The van der Waals surface area contributed by atoms with Gasteiger partial charge >= 0.3 is 0 Å². The van der Waals surface area contributed by atoms with Crippen LogP contribution in [0.4, 0.5) is 0 Å². The lowest BCUT2D eigenvalue weighted by Crippen LogP contribution is -2.18. The highest BCUT2D eigenvalue weighted by atomic mass is 16.6. The number of ether oxygens (including phenoxy) is 4. The lowest BCUT2D eigenvalue weighted by molar-refractivity contribution is 0.0955. The summed E-state index contributed by atoms with van der Waals surface area (Å²) >= 11 is 0. The Morgan fingerprint density at radius 3 is 1.96 bits per heavy atom. The highest BCUT2D eigenvalue weighted by molar-refractivity contribution is 5.41. The third kappa shape index (κ3) is 5.47. The Hall–Kier alpha value is -2.04. The maximum atomic E-state index is 5.81. The Bertz CT molecular complexity index is 702. The Labute approximate surface area is 162 Å². The summed E-state index contributed by atoms with van der Waals surface area (Å²) in [4.78, 5) is 0. The molecule has 146 valence electrons. The van der Waals surface area contributed by atoms with Gasteiger partial charge in [0.25, 0.3) is 0 Å². The van der Waals surface area contributed by atoms with Crippen LogP contribution in [0.25, 0.3) is 0 Å². The zero-order valence-corrected chi connectivity index (χ0v) is 16.7. The summed E-state index contributed by atoms with van der Waals surface area (Å²) in [6.07, 6.45) is 1.37. The summed E-state index contributed by atoms with van der Waals surface area (Å²) < 4.78 is 22.0. The lowest BCUT2D eigenvalue weighted by Gasteiger charge is -2.26. The predicted octanol–water partition coefficient (Wildman–Crippen LogP) is 4.59. The van der Waals surface area contributed by atoms with Crippen molar-refractivity contribution in [3.8, 4) is 11.5 Å². The molecule has 3 rings (SSSR count). The molecule has 0 amide bonds. The second kappa shape index (κ2) is 8.77. The fourth-order valence-corrected chi connectivity index (χ4v) is 2.92. The van der Waals surface area contributed by atoms with Crippen molar-refractivity contribution in [2.45, 2.75) is 44.8 Å². The molecule has 2 aromatic rings. The Kier molecular flexibility index (Phi) is 6.40. The zero-order chi connectivity index (χ0) is 19.3. The average molecular weight is 370 g/mol. The van der Waals surface area contributed by atoms with E-state index in [1.807, 2.05) is 31.2 Å². The van der Waals surface area contributed by atoms with Crippen molar-refractivity contribution in [1.82, 2.24) is 0 Å². The lowest BCUT2D eigenvalue weighted by atomic mass is 9.78. The van der Waals surface area contributed by atoms with E-state index in [1.165, 1.54) is 11.1 Å². The number of hydrogen-bond donors (Lipinski definition) is 0. The maximum Gasteiger partial charge on any atom is 0.119 e. The van der Waals surface area contributed by atoms with E-state index in [4.69, 9.17) is 18.9 Å². The van der Waals surface area contributed by atoms with Gasteiger partial charge in [-0.15, -0.1) is 0 Å². The molecule has 2 aromatic carbocycles. The van der Waals surface area contributed by atoms with Gasteiger partial charge in [-0.2, -0.15) is 0 Å². The van der Waals surface area contributed by atoms with Gasteiger partial charge in [0.15, 0.2) is 0 Å². The molecule has 1 heterocycles. The molecule has 0 saturated carbocycles. The SMILES string of the molecule is COC(C)CCOc1ccc(C(C)(C)c2ccc(OCC3CO3)cc2)cc1. The molecule has 1 aliphatic rings. The van der Waals surface area contributed by atoms with Crippen LogP contribution in [-0.4, -0.2) is 39.1 Å². The fraction of sp³-hybridized carbons (Fsp3) is 0.478. The van der Waals surface area contributed by atoms with Crippen LogP contribution in [-0.2, 0) is 14.9 Å². The van der Waals surface area contributed by atoms with Crippen molar-refractivity contribution >= 4 is 0 Å². The molecule has 27 heavy (non-hydrogen) atoms. The minimum Gasteiger partial charge on any atom is -0.493 e. The molecular weight excluding hydrogens is 340 g/mol. The molecule has 0 N–H and O–H groups in total. The minimum absolute atomic E-state index is 0.0960. The summed E-state index contributed by atoms with van der Waals surface area (Å²) in [7, 11) is 1.72. The van der Waals surface area contributed by atoms with Gasteiger partial charge in [-0.3, -0.25) is 0 Å². The van der Waals surface area contributed by atoms with Crippen molar-refractivity contribution in [2.24, 2.45) is 0 Å². The first kappa shape index (κ1) is 19.7. The molecule has 4 heteroatoms. The second-order valence-corrected chi connectivity index (χ2v) is 7.62. The molecule has 0 radical (unpaired) electrons. The molecule has 0 aromatic heterocycles. The van der Waals surface area contributed by atoms with Gasteiger partial charge in [-0.25, -0.2) is 0 Å². The molecule has 1 saturated heterocycles. The van der Waals surface area contributed by atoms with Crippen molar-refractivity contribution in [2.75, 3.05) is 26.9 Å². The van der Waals surface area contributed by atoms with Crippen LogP contribution in [0, 0.1) is 0 Å². The molecule has 0 spiro atoms. The highest BCUT2D eigenvalue weighted by Crippen LogP contribution is 2.33. The standard InChI is InChI=1S/C23H30O4/c1-17(24-4)13-14-25-20-9-5-18(6-10-20)23(2,3)19-7-11-21(12-8-19)26-15-22-16-27-22/h5-12,17,22H,13-16H2,1-4H3. The monoisotopic (exact) mass is 370 g/mol. The van der Waals surface area contributed by atoms with E-state index in [-0.39, 0.29) is 17.6 Å². The van der Waals surface area contributed by atoms with Gasteiger partial charge < -0.3 is 18.9 Å². The molecule has 0 bridgehead atoms. The van der Waals surface area contributed by atoms with Gasteiger partial charge in [-0.05, 0) is 42.3 Å². The summed E-state index contributed by atoms with van der Waals surface area (Å²) in [6.45, 7) is 8.62. The smallest absolute Gasteiger partial charge is 0.119 e. The molecule has 4 nitrogen and oxygen atoms in total. The first-order valence-corrected chi connectivity index (χ1v) is 9.60. The number of hydrogen-bond acceptors (Lipinski definition) is 4. The maximum absolute atomic E-state index is 5.81. The summed E-state index contributed by atoms with van der Waals surface area (Å²) in [5.41, 5.74) is 2.40. The topological polar surface area (TPSA) is 40.2 Å². The third-order valence-electron chi connectivity index (χ3n) is 5.19. The number of epoxide rings is 1. The Morgan fingerprint density at radius 2 is 1.48 bits per heavy atom. The van der Waals surface area contributed by atoms with Gasteiger partial charge in [-0.1, -0.05) is 38.1 Å². The summed E-state index contributed by atoms with van der Waals surface area (Å²) in [6, 6.07) is 16.7. The van der Waals surface area contributed by atoms with Crippen LogP contribution in [0.2, 0.25) is 0 Å². The molecule has 0 aliphatic carbocycles. The fourth-order valence-electron chi connectivity index (χ4n) is 2.92. The van der Waals surface area contributed by atoms with E-state index in [1.54, 1.807) is 7.11 Å². The van der Waals surface area contributed by atoms with Crippen LogP contribution in [0.5, 0.6) is 11.5 Å². The number of benzene rings is 2. The minimum atomic E-state index is -0.0960. The molecular formula is C23H30O4. The Morgan fingerprint density at radius 1 is 0.963 bits per heavy atom. The first-order chi connectivity index (χ1) is 13.0. The second-order valence-electron chi connectivity index (χ2n) is 7.62. The third-order valence-corrected chi connectivity index (χ3v) is 5.19.